The normalized spacial score (nSPS) is 14.9. The molecule has 2 aromatic heterocycles. The molecule has 0 bridgehead atoms. The quantitative estimate of drug-likeness (QED) is 0.144. The molecule has 2 aliphatic rings. The topological polar surface area (TPSA) is 88.5 Å². The number of rotatable bonds is 6. The minimum Gasteiger partial charge on any atom is -0.398 e. The van der Waals surface area contributed by atoms with Crippen LogP contribution in [0.15, 0.2) is 90.8 Å². The van der Waals surface area contributed by atoms with E-state index in [4.69, 9.17) is 16.1 Å². The fraction of sp³-hybridized carbons (Fsp3) is 0.278. The highest BCUT2D eigenvalue weighted by molar-refractivity contribution is 6.05. The Hall–Kier alpha value is -4.38. The van der Waals surface area contributed by atoms with Crippen molar-refractivity contribution in [2.24, 2.45) is 0 Å². The van der Waals surface area contributed by atoms with Gasteiger partial charge in [0, 0.05) is 47.8 Å². The summed E-state index contributed by atoms with van der Waals surface area (Å²) >= 11 is 0. The zero-order chi connectivity index (χ0) is 28.6. The number of pyridine rings is 1. The highest BCUT2D eigenvalue weighted by Crippen LogP contribution is 2.37. The molecule has 2 aromatic carbocycles. The molecule has 210 valence electrons. The third-order valence-electron chi connectivity index (χ3n) is 8.09. The first-order valence-corrected chi connectivity index (χ1v) is 14.7. The Morgan fingerprint density at radius 2 is 1.66 bits per heavy atom. The fourth-order valence-corrected chi connectivity index (χ4v) is 6.00. The van der Waals surface area contributed by atoms with Gasteiger partial charge >= 0.3 is 0 Å². The van der Waals surface area contributed by atoms with E-state index in [0.717, 1.165) is 71.2 Å². The number of allylic oxidation sites excluding steroid dienone is 5. The number of aryl methyl sites for hydroxylation is 1. The van der Waals surface area contributed by atoms with E-state index in [2.05, 4.69) is 59.9 Å². The average molecular weight is 544 g/mol. The van der Waals surface area contributed by atoms with Crippen molar-refractivity contribution in [2.75, 3.05) is 5.73 Å². The van der Waals surface area contributed by atoms with Crippen LogP contribution in [0.5, 0.6) is 0 Å². The minimum absolute atomic E-state index is 0. The first-order valence-electron chi connectivity index (χ1n) is 14.7. The Morgan fingerprint density at radius 1 is 0.951 bits per heavy atom. The molecular weight excluding hydrogens is 502 g/mol. The summed E-state index contributed by atoms with van der Waals surface area (Å²) in [6, 6.07) is 14.0. The Bertz CT molecular complexity index is 1600. The molecule has 0 spiro atoms. The smallest absolute Gasteiger partial charge is 0.159 e. The number of fused-ring (bicyclic) bond motifs is 3. The predicted molar refractivity (Wildman–Crippen MR) is 174 cm³/mol. The van der Waals surface area contributed by atoms with E-state index >= 15 is 0 Å². The van der Waals surface area contributed by atoms with Crippen LogP contribution in [0.4, 0.5) is 5.69 Å². The van der Waals surface area contributed by atoms with Crippen LogP contribution in [-0.2, 0) is 12.8 Å². The van der Waals surface area contributed by atoms with Gasteiger partial charge in [0.05, 0.1) is 11.2 Å². The molecule has 5 heteroatoms. The summed E-state index contributed by atoms with van der Waals surface area (Å²) in [5.74, 6) is 0.721. The molecule has 41 heavy (non-hydrogen) atoms. The summed E-state index contributed by atoms with van der Waals surface area (Å²) in [5, 5.41) is 8.91. The van der Waals surface area contributed by atoms with E-state index < -0.39 is 0 Å². The van der Waals surface area contributed by atoms with Crippen molar-refractivity contribution in [3.05, 3.63) is 108 Å². The molecule has 0 amide bonds. The van der Waals surface area contributed by atoms with Crippen molar-refractivity contribution in [3.63, 3.8) is 0 Å². The molecule has 0 aliphatic heterocycles. The van der Waals surface area contributed by atoms with Gasteiger partial charge in [0.15, 0.2) is 5.82 Å². The SMILES string of the molecule is C=CC/C(=C\C)C1=CCCCC1.N=Cc1c(N)ccc2nc(-c3ccc(-c4ncccn4)cc3)c3c(c12)CCCC3.[HH]. The number of hydrogen-bond donors (Lipinski definition) is 2. The number of nitrogens with zero attached hydrogens (tertiary/aromatic N) is 3. The zero-order valence-electron chi connectivity index (χ0n) is 24.0. The van der Waals surface area contributed by atoms with Crippen LogP contribution in [0.2, 0.25) is 0 Å². The highest BCUT2D eigenvalue weighted by atomic mass is 14.8. The Kier molecular flexibility index (Phi) is 9.15. The van der Waals surface area contributed by atoms with Crippen LogP contribution in [0.3, 0.4) is 0 Å². The number of anilines is 1. The van der Waals surface area contributed by atoms with Gasteiger partial charge in [-0.05, 0) is 105 Å². The van der Waals surface area contributed by atoms with Crippen LogP contribution in [-0.4, -0.2) is 21.2 Å². The average Bonchev–Trinajstić information content (AvgIpc) is 3.04. The van der Waals surface area contributed by atoms with Crippen molar-refractivity contribution in [2.45, 2.75) is 64.7 Å². The van der Waals surface area contributed by atoms with Crippen LogP contribution >= 0.6 is 0 Å². The van der Waals surface area contributed by atoms with Crippen molar-refractivity contribution < 1.29 is 1.43 Å². The van der Waals surface area contributed by atoms with E-state index in [0.29, 0.717) is 5.69 Å². The van der Waals surface area contributed by atoms with E-state index in [9.17, 15) is 0 Å². The lowest BCUT2D eigenvalue weighted by atomic mass is 9.85. The largest absolute Gasteiger partial charge is 0.398 e. The van der Waals surface area contributed by atoms with Gasteiger partial charge in [-0.3, -0.25) is 0 Å². The summed E-state index contributed by atoms with van der Waals surface area (Å²) in [6.45, 7) is 5.89. The Labute approximate surface area is 245 Å². The summed E-state index contributed by atoms with van der Waals surface area (Å²) < 4.78 is 0. The second kappa shape index (κ2) is 13.3. The van der Waals surface area contributed by atoms with E-state index in [1.54, 1.807) is 18.0 Å². The molecule has 0 saturated carbocycles. The van der Waals surface area contributed by atoms with Crippen molar-refractivity contribution >= 4 is 22.8 Å². The molecular formula is C36H41N5. The second-order valence-corrected chi connectivity index (χ2v) is 10.7. The van der Waals surface area contributed by atoms with Crippen molar-refractivity contribution in [1.82, 2.24) is 15.0 Å². The van der Waals surface area contributed by atoms with Crippen molar-refractivity contribution in [1.29, 1.82) is 5.41 Å². The molecule has 0 radical (unpaired) electrons. The standard InChI is InChI=1S/C24H21N5.C12H18.H2/c25-14-19-20(26)10-11-21-22(19)17-4-1-2-5-18(17)23(29-21)15-6-8-16(9-7-15)24-27-12-3-13-28-24;1-3-8-11(4-2)12-9-6-5-7-10-12;/h3,6-14,25H,1-2,4-5,26H2;3-4,9H,1,5-8,10H2,2H3;1H/b;11-4+;. The van der Waals surface area contributed by atoms with Crippen molar-refractivity contribution in [3.8, 4) is 22.6 Å². The number of nitrogen functional groups attached to an aromatic ring is 1. The molecule has 0 atom stereocenters. The lowest BCUT2D eigenvalue weighted by Gasteiger charge is -2.23. The van der Waals surface area contributed by atoms with Gasteiger partial charge in [0.2, 0.25) is 0 Å². The highest BCUT2D eigenvalue weighted by Gasteiger charge is 2.21. The summed E-state index contributed by atoms with van der Waals surface area (Å²) in [6.07, 6.45) is 22.1. The van der Waals surface area contributed by atoms with Gasteiger partial charge in [-0.25, -0.2) is 15.0 Å². The molecule has 0 fully saturated rings. The Balaban J connectivity index is 0.000000264. The molecule has 5 nitrogen and oxygen atoms in total. The first kappa shape index (κ1) is 28.2. The molecule has 2 heterocycles. The molecule has 4 aromatic rings. The third-order valence-corrected chi connectivity index (χ3v) is 8.09. The number of hydrogen-bond acceptors (Lipinski definition) is 5. The number of aromatic nitrogens is 3. The lowest BCUT2D eigenvalue weighted by molar-refractivity contribution is 0.689. The summed E-state index contributed by atoms with van der Waals surface area (Å²) in [5.41, 5.74) is 17.2. The molecule has 3 N–H and O–H groups in total. The molecule has 6 rings (SSSR count). The van der Waals surface area contributed by atoms with Gasteiger partial charge in [-0.2, -0.15) is 0 Å². The predicted octanol–water partition coefficient (Wildman–Crippen LogP) is 9.07. The third kappa shape index (κ3) is 6.19. The van der Waals surface area contributed by atoms with E-state index in [1.165, 1.54) is 48.6 Å². The van der Waals surface area contributed by atoms with E-state index in [-0.39, 0.29) is 1.43 Å². The number of benzene rings is 2. The van der Waals surface area contributed by atoms with Gasteiger partial charge in [0.1, 0.15) is 0 Å². The molecule has 0 saturated heterocycles. The Morgan fingerprint density at radius 3 is 2.32 bits per heavy atom. The number of nitrogens with one attached hydrogen (secondary N) is 1. The van der Waals surface area contributed by atoms with Gasteiger partial charge < -0.3 is 11.1 Å². The zero-order valence-corrected chi connectivity index (χ0v) is 24.0. The lowest BCUT2D eigenvalue weighted by Crippen LogP contribution is -2.09. The number of nitrogens with two attached hydrogens (primary N) is 1. The summed E-state index contributed by atoms with van der Waals surface area (Å²) in [4.78, 5) is 13.7. The molecule has 0 unspecified atom stereocenters. The maximum Gasteiger partial charge on any atom is 0.159 e. The van der Waals surface area contributed by atoms with Gasteiger partial charge in [-0.15, -0.1) is 6.58 Å². The van der Waals surface area contributed by atoms with Crippen LogP contribution in [0, 0.1) is 5.41 Å². The van der Waals surface area contributed by atoms with Gasteiger partial charge in [-0.1, -0.05) is 42.5 Å². The monoisotopic (exact) mass is 543 g/mol. The maximum absolute atomic E-state index is 7.86. The van der Waals surface area contributed by atoms with E-state index in [1.807, 2.05) is 24.3 Å². The molecule has 2 aliphatic carbocycles. The second-order valence-electron chi connectivity index (χ2n) is 10.7. The van der Waals surface area contributed by atoms with Gasteiger partial charge in [0.25, 0.3) is 0 Å². The summed E-state index contributed by atoms with van der Waals surface area (Å²) in [7, 11) is 0. The van der Waals surface area contributed by atoms with Crippen LogP contribution in [0.25, 0.3) is 33.5 Å². The van der Waals surface area contributed by atoms with Crippen LogP contribution in [0.1, 0.15) is 70.0 Å². The first-order chi connectivity index (χ1) is 20.1. The fourth-order valence-electron chi connectivity index (χ4n) is 6.00. The van der Waals surface area contributed by atoms with Crippen LogP contribution < -0.4 is 5.73 Å². The maximum atomic E-state index is 7.86. The minimum atomic E-state index is 0.